The number of carbonyl (C=O) groups is 2. The third kappa shape index (κ3) is 3.02. The zero-order valence-corrected chi connectivity index (χ0v) is 14.3. The van der Waals surface area contributed by atoms with E-state index in [2.05, 4.69) is 10.6 Å². The molecule has 3 N–H and O–H groups in total. The van der Waals surface area contributed by atoms with E-state index in [0.717, 1.165) is 19.3 Å². The molecule has 1 saturated heterocycles. The molecule has 24 heavy (non-hydrogen) atoms. The van der Waals surface area contributed by atoms with E-state index in [1.807, 2.05) is 0 Å². The van der Waals surface area contributed by atoms with Crippen LogP contribution in [0, 0.1) is 0 Å². The highest BCUT2D eigenvalue weighted by atomic mass is 35.5. The second kappa shape index (κ2) is 6.51. The van der Waals surface area contributed by atoms with Gasteiger partial charge < -0.3 is 20.5 Å². The number of ether oxygens (including phenoxy) is 1. The van der Waals surface area contributed by atoms with Gasteiger partial charge in [-0.25, -0.2) is 0 Å². The number of phenols is 1. The average molecular weight is 353 g/mol. The fourth-order valence-corrected chi connectivity index (χ4v) is 3.64. The van der Waals surface area contributed by atoms with E-state index in [0.29, 0.717) is 25.0 Å². The molecule has 2 aliphatic rings. The van der Waals surface area contributed by atoms with Crippen molar-refractivity contribution in [3.05, 3.63) is 22.7 Å². The second-order valence-electron chi connectivity index (χ2n) is 6.36. The van der Waals surface area contributed by atoms with Crippen molar-refractivity contribution in [2.24, 2.45) is 0 Å². The SMILES string of the molecule is CCOc1cc(C(=O)NC2CCC(=O)NC23CCC3)cc(Cl)c1O. The molecule has 1 heterocycles. The summed E-state index contributed by atoms with van der Waals surface area (Å²) >= 11 is 5.99. The van der Waals surface area contributed by atoms with Gasteiger partial charge in [-0.05, 0) is 44.7 Å². The molecule has 0 aromatic heterocycles. The Morgan fingerprint density at radius 1 is 1.50 bits per heavy atom. The third-order valence-electron chi connectivity index (χ3n) is 4.86. The van der Waals surface area contributed by atoms with E-state index >= 15 is 0 Å². The van der Waals surface area contributed by atoms with E-state index in [9.17, 15) is 14.7 Å². The molecule has 0 bridgehead atoms. The van der Waals surface area contributed by atoms with E-state index < -0.39 is 0 Å². The maximum Gasteiger partial charge on any atom is 0.251 e. The minimum Gasteiger partial charge on any atom is -0.503 e. The Morgan fingerprint density at radius 3 is 2.88 bits per heavy atom. The maximum atomic E-state index is 12.6. The highest BCUT2D eigenvalue weighted by Crippen LogP contribution is 2.39. The molecular weight excluding hydrogens is 332 g/mol. The summed E-state index contributed by atoms with van der Waals surface area (Å²) in [5.41, 5.74) is 0.0154. The molecular formula is C17H21ClN2O4. The van der Waals surface area contributed by atoms with Gasteiger partial charge in [-0.3, -0.25) is 9.59 Å². The highest BCUT2D eigenvalue weighted by molar-refractivity contribution is 6.32. The summed E-state index contributed by atoms with van der Waals surface area (Å²) in [5.74, 6) is -0.224. The number of amides is 2. The van der Waals surface area contributed by atoms with Crippen LogP contribution < -0.4 is 15.4 Å². The van der Waals surface area contributed by atoms with Gasteiger partial charge in [0, 0.05) is 12.0 Å². The van der Waals surface area contributed by atoms with Gasteiger partial charge in [0.1, 0.15) is 0 Å². The fourth-order valence-electron chi connectivity index (χ4n) is 3.43. The summed E-state index contributed by atoms with van der Waals surface area (Å²) in [6.07, 6.45) is 3.84. The number of carbonyl (C=O) groups excluding carboxylic acids is 2. The van der Waals surface area contributed by atoms with Gasteiger partial charge >= 0.3 is 0 Å². The molecule has 1 aromatic rings. The monoisotopic (exact) mass is 352 g/mol. The molecule has 3 rings (SSSR count). The predicted octanol–water partition coefficient (Wildman–Crippen LogP) is 2.38. The Bertz CT molecular complexity index is 673. The summed E-state index contributed by atoms with van der Waals surface area (Å²) in [4.78, 5) is 24.3. The summed E-state index contributed by atoms with van der Waals surface area (Å²) in [6.45, 7) is 2.14. The van der Waals surface area contributed by atoms with Crippen LogP contribution in [0.15, 0.2) is 12.1 Å². The van der Waals surface area contributed by atoms with Crippen molar-refractivity contribution in [1.82, 2.24) is 10.6 Å². The van der Waals surface area contributed by atoms with Gasteiger partial charge in [0.15, 0.2) is 11.5 Å². The van der Waals surface area contributed by atoms with E-state index in [1.54, 1.807) is 6.92 Å². The van der Waals surface area contributed by atoms with Crippen molar-refractivity contribution in [3.8, 4) is 11.5 Å². The number of aromatic hydroxyl groups is 1. The number of hydrogen-bond donors (Lipinski definition) is 3. The zero-order chi connectivity index (χ0) is 17.3. The third-order valence-corrected chi connectivity index (χ3v) is 5.15. The largest absolute Gasteiger partial charge is 0.503 e. The highest BCUT2D eigenvalue weighted by Gasteiger charge is 2.48. The van der Waals surface area contributed by atoms with Crippen molar-refractivity contribution in [3.63, 3.8) is 0 Å². The first-order valence-corrected chi connectivity index (χ1v) is 8.60. The van der Waals surface area contributed by atoms with Crippen LogP contribution in [-0.2, 0) is 4.79 Å². The first-order chi connectivity index (χ1) is 11.4. The molecule has 1 saturated carbocycles. The van der Waals surface area contributed by atoms with Gasteiger partial charge in [0.25, 0.3) is 5.91 Å². The predicted molar refractivity (Wildman–Crippen MR) is 89.5 cm³/mol. The van der Waals surface area contributed by atoms with E-state index in [-0.39, 0.29) is 39.9 Å². The van der Waals surface area contributed by atoms with Crippen LogP contribution in [0.1, 0.15) is 49.4 Å². The topological polar surface area (TPSA) is 87.7 Å². The van der Waals surface area contributed by atoms with Gasteiger partial charge in [-0.15, -0.1) is 0 Å². The molecule has 1 spiro atoms. The summed E-state index contributed by atoms with van der Waals surface area (Å²) < 4.78 is 5.31. The smallest absolute Gasteiger partial charge is 0.251 e. The van der Waals surface area contributed by atoms with Gasteiger partial charge in [-0.2, -0.15) is 0 Å². The molecule has 1 aliphatic carbocycles. The normalized spacial score (nSPS) is 21.8. The minimum atomic E-state index is -0.311. The Morgan fingerprint density at radius 2 is 2.25 bits per heavy atom. The minimum absolute atomic E-state index is 0.0477. The molecule has 0 radical (unpaired) electrons. The fraction of sp³-hybridized carbons (Fsp3) is 0.529. The molecule has 2 amide bonds. The Balaban J connectivity index is 1.78. The standard InChI is InChI=1S/C17H21ClN2O4/c1-2-24-12-9-10(8-11(18)15(12)22)16(23)19-13-4-5-14(21)20-17(13)6-3-7-17/h8-9,13,22H,2-7H2,1H3,(H,19,23)(H,20,21). The Labute approximate surface area is 145 Å². The van der Waals surface area contributed by atoms with Crippen molar-refractivity contribution < 1.29 is 19.4 Å². The van der Waals surface area contributed by atoms with E-state index in [4.69, 9.17) is 16.3 Å². The second-order valence-corrected chi connectivity index (χ2v) is 6.77. The van der Waals surface area contributed by atoms with Crippen LogP contribution in [-0.4, -0.2) is 35.1 Å². The molecule has 7 heteroatoms. The molecule has 6 nitrogen and oxygen atoms in total. The number of benzene rings is 1. The number of nitrogens with one attached hydrogen (secondary N) is 2. The number of piperidine rings is 1. The molecule has 1 unspecified atom stereocenters. The van der Waals surface area contributed by atoms with Crippen LogP contribution in [0.2, 0.25) is 5.02 Å². The molecule has 1 atom stereocenters. The lowest BCUT2D eigenvalue weighted by Gasteiger charge is -2.50. The van der Waals surface area contributed by atoms with Gasteiger partial charge in [0.05, 0.1) is 23.2 Å². The molecule has 130 valence electrons. The quantitative estimate of drug-likeness (QED) is 0.776. The Kier molecular flexibility index (Phi) is 4.58. The van der Waals surface area contributed by atoms with Crippen LogP contribution >= 0.6 is 11.6 Å². The Hall–Kier alpha value is -1.95. The van der Waals surface area contributed by atoms with Gasteiger partial charge in [0.2, 0.25) is 5.91 Å². The summed E-state index contributed by atoms with van der Waals surface area (Å²) in [5, 5.41) is 16.0. The number of rotatable bonds is 4. The average Bonchev–Trinajstić information content (AvgIpc) is 2.51. The lowest BCUT2D eigenvalue weighted by atomic mass is 9.68. The van der Waals surface area contributed by atoms with Crippen LogP contribution in [0.3, 0.4) is 0 Å². The summed E-state index contributed by atoms with van der Waals surface area (Å²) in [7, 11) is 0. The maximum absolute atomic E-state index is 12.6. The van der Waals surface area contributed by atoms with Gasteiger partial charge in [-0.1, -0.05) is 11.6 Å². The van der Waals surface area contributed by atoms with Crippen molar-refractivity contribution in [1.29, 1.82) is 0 Å². The zero-order valence-electron chi connectivity index (χ0n) is 13.5. The number of hydrogen-bond acceptors (Lipinski definition) is 4. The molecule has 1 aliphatic heterocycles. The van der Waals surface area contributed by atoms with Crippen LogP contribution in [0.5, 0.6) is 11.5 Å². The summed E-state index contributed by atoms with van der Waals surface area (Å²) in [6, 6.07) is 2.80. The number of halogens is 1. The van der Waals surface area contributed by atoms with E-state index in [1.165, 1.54) is 12.1 Å². The van der Waals surface area contributed by atoms with Crippen molar-refractivity contribution in [2.45, 2.75) is 50.6 Å². The molecule has 2 fully saturated rings. The first kappa shape index (κ1) is 16.9. The van der Waals surface area contributed by atoms with Crippen molar-refractivity contribution >= 4 is 23.4 Å². The molecule has 1 aromatic carbocycles. The van der Waals surface area contributed by atoms with Crippen LogP contribution in [0.25, 0.3) is 0 Å². The lowest BCUT2D eigenvalue weighted by molar-refractivity contribution is -0.127. The number of phenolic OH excluding ortho intramolecular Hbond substituents is 1. The lowest BCUT2D eigenvalue weighted by Crippen LogP contribution is -2.68. The van der Waals surface area contributed by atoms with Crippen molar-refractivity contribution in [2.75, 3.05) is 6.61 Å². The first-order valence-electron chi connectivity index (χ1n) is 8.22. The van der Waals surface area contributed by atoms with Crippen LogP contribution in [0.4, 0.5) is 0 Å².